The van der Waals surface area contributed by atoms with Crippen molar-refractivity contribution in [2.45, 2.75) is 32.6 Å². The Morgan fingerprint density at radius 3 is 2.65 bits per heavy atom. The normalized spacial score (nSPS) is 27.8. The third kappa shape index (κ3) is 3.54. The fourth-order valence-corrected chi connectivity index (χ4v) is 4.88. The van der Waals surface area contributed by atoms with E-state index in [-0.39, 0.29) is 0 Å². The van der Waals surface area contributed by atoms with Gasteiger partial charge >= 0.3 is 0 Å². The zero-order valence-electron chi connectivity index (χ0n) is 14.1. The lowest BCUT2D eigenvalue weighted by Crippen LogP contribution is -2.33. The first-order valence-corrected chi connectivity index (χ1v) is 9.51. The van der Waals surface area contributed by atoms with Gasteiger partial charge in [0.2, 0.25) is 0 Å². The molecular weight excluding hydrogens is 346 g/mol. The molecule has 1 aliphatic heterocycles. The highest BCUT2D eigenvalue weighted by Crippen LogP contribution is 2.47. The first kappa shape index (κ1) is 16.7. The van der Waals surface area contributed by atoms with E-state index in [1.54, 1.807) is 0 Å². The molecule has 2 atom stereocenters. The van der Waals surface area contributed by atoms with Gasteiger partial charge in [-0.25, -0.2) is 0 Å². The molecule has 1 saturated heterocycles. The number of hydrogen-bond acceptors (Lipinski definition) is 1. The molecule has 0 radical (unpaired) electrons. The predicted molar refractivity (Wildman–Crippen MR) is 104 cm³/mol. The molecule has 1 heterocycles. The van der Waals surface area contributed by atoms with Crippen molar-refractivity contribution in [2.75, 3.05) is 13.1 Å². The molecule has 1 N–H and O–H groups in total. The van der Waals surface area contributed by atoms with Crippen molar-refractivity contribution in [3.63, 3.8) is 0 Å². The lowest BCUT2D eigenvalue weighted by molar-refractivity contribution is 0.280. The second kappa shape index (κ2) is 7.63. The van der Waals surface area contributed by atoms with E-state index in [9.17, 15) is 0 Å². The maximum atomic E-state index is 3.84. The Kier molecular flexibility index (Phi) is 5.55. The fourth-order valence-electron chi connectivity index (χ4n) is 4.14. The molecule has 0 amide bonds. The van der Waals surface area contributed by atoms with Crippen molar-refractivity contribution in [2.24, 2.45) is 11.8 Å². The first-order chi connectivity index (χ1) is 11.2. The molecule has 2 aliphatic rings. The second-order valence-electron chi connectivity index (χ2n) is 6.67. The lowest BCUT2D eigenvalue weighted by atomic mass is 9.71. The van der Waals surface area contributed by atoms with Crippen molar-refractivity contribution >= 4 is 22.0 Å². The number of hydrogen-bond donors (Lipinski definition) is 1. The van der Waals surface area contributed by atoms with Crippen LogP contribution in [0.2, 0.25) is 0 Å². The lowest BCUT2D eigenvalue weighted by Gasteiger charge is -2.35. The molecule has 0 spiro atoms. The van der Waals surface area contributed by atoms with E-state index in [0.29, 0.717) is 11.8 Å². The molecule has 1 aliphatic carbocycles. The Bertz CT molecular complexity index is 635. The summed E-state index contributed by atoms with van der Waals surface area (Å²) in [6.07, 6.45) is 11.4. The van der Waals surface area contributed by atoms with Gasteiger partial charge in [0.05, 0.1) is 0 Å². The highest BCUT2D eigenvalue weighted by atomic mass is 79.9. The van der Waals surface area contributed by atoms with Crippen LogP contribution in [-0.2, 0) is 0 Å². The van der Waals surface area contributed by atoms with Gasteiger partial charge in [0.15, 0.2) is 0 Å². The number of rotatable bonds is 2. The van der Waals surface area contributed by atoms with Crippen LogP contribution >= 0.6 is 15.9 Å². The second-order valence-corrected chi connectivity index (χ2v) is 7.53. The Morgan fingerprint density at radius 1 is 1.17 bits per heavy atom. The molecule has 1 aromatic rings. The zero-order valence-corrected chi connectivity index (χ0v) is 15.6. The van der Waals surface area contributed by atoms with Crippen molar-refractivity contribution in [1.82, 2.24) is 5.32 Å². The molecule has 122 valence electrons. The number of halogens is 1. The topological polar surface area (TPSA) is 12.0 Å². The van der Waals surface area contributed by atoms with Gasteiger partial charge < -0.3 is 5.32 Å². The largest absolute Gasteiger partial charge is 0.317 e. The summed E-state index contributed by atoms with van der Waals surface area (Å²) in [7, 11) is 0. The summed E-state index contributed by atoms with van der Waals surface area (Å²) in [5, 5.41) is 3.51. The van der Waals surface area contributed by atoms with Crippen molar-refractivity contribution in [3.8, 4) is 0 Å². The molecule has 23 heavy (non-hydrogen) atoms. The van der Waals surface area contributed by atoms with Gasteiger partial charge in [-0.1, -0.05) is 65.3 Å². The van der Waals surface area contributed by atoms with Crippen molar-refractivity contribution < 1.29 is 0 Å². The van der Waals surface area contributed by atoms with Crippen LogP contribution < -0.4 is 5.32 Å². The molecule has 1 fully saturated rings. The van der Waals surface area contributed by atoms with E-state index in [0.717, 1.165) is 19.0 Å². The molecule has 2 heteroatoms. The van der Waals surface area contributed by atoms with Gasteiger partial charge in [-0.15, -0.1) is 0 Å². The summed E-state index contributed by atoms with van der Waals surface area (Å²) >= 11 is 3.84. The van der Waals surface area contributed by atoms with Gasteiger partial charge in [0.25, 0.3) is 0 Å². The van der Waals surface area contributed by atoms with E-state index in [1.165, 1.54) is 34.0 Å². The minimum absolute atomic E-state index is 0.517. The maximum Gasteiger partial charge on any atom is 0.0216 e. The van der Waals surface area contributed by atoms with E-state index in [4.69, 9.17) is 0 Å². The fraction of sp³-hybridized carbons (Fsp3) is 0.429. The van der Waals surface area contributed by atoms with Crippen LogP contribution in [0.4, 0.5) is 0 Å². The monoisotopic (exact) mass is 371 g/mol. The first-order valence-electron chi connectivity index (χ1n) is 8.72. The molecule has 0 bridgehead atoms. The van der Waals surface area contributed by atoms with Crippen LogP contribution in [0.15, 0.2) is 52.5 Å². The van der Waals surface area contributed by atoms with Crippen LogP contribution in [0.5, 0.6) is 0 Å². The van der Waals surface area contributed by atoms with E-state index in [2.05, 4.69) is 83.7 Å². The van der Waals surface area contributed by atoms with Crippen LogP contribution in [0.1, 0.15) is 43.7 Å². The minimum atomic E-state index is 0.517. The summed E-state index contributed by atoms with van der Waals surface area (Å²) in [6, 6.07) is 8.95. The molecule has 3 rings (SSSR count). The molecule has 2 unspecified atom stereocenters. The summed E-state index contributed by atoms with van der Waals surface area (Å²) in [5.41, 5.74) is 4.31. The Hall–Kier alpha value is -1.12. The average molecular weight is 372 g/mol. The highest BCUT2D eigenvalue weighted by Gasteiger charge is 2.34. The van der Waals surface area contributed by atoms with Crippen LogP contribution in [-0.4, -0.2) is 13.1 Å². The number of allylic oxidation sites excluding steroid dienone is 5. The Balaban J connectivity index is 2.08. The average Bonchev–Trinajstić information content (AvgIpc) is 2.67. The standard InChI is InChI=1S/C21H26BrN/c1-3-4-8-18-15(2)21(16-10-12-23-13-11-16)19-9-6-5-7-17(19)14-20(18)22/h3-9,14-16,21,23H,10-13H2,1-2H3/b4-3-,18-8+. The SMILES string of the molecule is C/C=C\C=C1\C(Br)=Cc2ccccc2C(C2CCNCC2)C1C. The summed E-state index contributed by atoms with van der Waals surface area (Å²) in [4.78, 5) is 0. The third-order valence-electron chi connectivity index (χ3n) is 5.30. The van der Waals surface area contributed by atoms with Gasteiger partial charge in [-0.05, 0) is 73.4 Å². The van der Waals surface area contributed by atoms with Crippen LogP contribution in [0.3, 0.4) is 0 Å². The molecule has 1 aromatic carbocycles. The zero-order chi connectivity index (χ0) is 16.2. The quantitative estimate of drug-likeness (QED) is 0.707. The Labute approximate surface area is 148 Å². The van der Waals surface area contributed by atoms with Gasteiger partial charge in [0.1, 0.15) is 0 Å². The van der Waals surface area contributed by atoms with Gasteiger partial charge in [-0.2, -0.15) is 0 Å². The van der Waals surface area contributed by atoms with Crippen LogP contribution in [0.25, 0.3) is 6.08 Å². The highest BCUT2D eigenvalue weighted by molar-refractivity contribution is 9.12. The van der Waals surface area contributed by atoms with E-state index in [1.807, 2.05) is 0 Å². The number of benzene rings is 1. The Morgan fingerprint density at radius 2 is 1.91 bits per heavy atom. The summed E-state index contributed by atoms with van der Waals surface area (Å²) in [5.74, 6) is 1.87. The van der Waals surface area contributed by atoms with Gasteiger partial charge in [-0.3, -0.25) is 0 Å². The molecular formula is C21H26BrN. The summed E-state index contributed by atoms with van der Waals surface area (Å²) in [6.45, 7) is 6.78. The van der Waals surface area contributed by atoms with Crippen molar-refractivity contribution in [1.29, 1.82) is 0 Å². The van der Waals surface area contributed by atoms with Crippen LogP contribution in [0, 0.1) is 11.8 Å². The molecule has 0 saturated carbocycles. The number of fused-ring (bicyclic) bond motifs is 1. The van der Waals surface area contributed by atoms with Gasteiger partial charge in [0, 0.05) is 4.48 Å². The molecule has 1 nitrogen and oxygen atoms in total. The maximum absolute atomic E-state index is 3.84. The number of nitrogens with one attached hydrogen (secondary N) is 1. The minimum Gasteiger partial charge on any atom is -0.317 e. The van der Waals surface area contributed by atoms with E-state index >= 15 is 0 Å². The summed E-state index contributed by atoms with van der Waals surface area (Å²) < 4.78 is 1.23. The predicted octanol–water partition coefficient (Wildman–Crippen LogP) is 5.66. The smallest absolute Gasteiger partial charge is 0.0216 e. The molecule has 0 aromatic heterocycles. The van der Waals surface area contributed by atoms with E-state index < -0.39 is 0 Å². The third-order valence-corrected chi connectivity index (χ3v) is 5.99. The van der Waals surface area contributed by atoms with Crippen molar-refractivity contribution in [3.05, 3.63) is 63.7 Å². The number of piperidine rings is 1.